The van der Waals surface area contributed by atoms with Crippen molar-refractivity contribution in [2.75, 3.05) is 0 Å². The van der Waals surface area contributed by atoms with Gasteiger partial charge >= 0.3 is 0 Å². The number of aromatic amines is 1. The second-order valence-electron chi connectivity index (χ2n) is 3.42. The van der Waals surface area contributed by atoms with Gasteiger partial charge in [-0.2, -0.15) is 0 Å². The largest absolute Gasteiger partial charge is 0.362 e. The third-order valence-electron chi connectivity index (χ3n) is 2.25. The quantitative estimate of drug-likeness (QED) is 0.654. The summed E-state index contributed by atoms with van der Waals surface area (Å²) in [6.07, 6.45) is 4.91. The molecule has 2 nitrogen and oxygen atoms in total. The maximum atomic E-state index is 11.9. The number of aromatic nitrogens is 1. The molecule has 0 atom stereocenters. The highest BCUT2D eigenvalue weighted by Gasteiger charge is 2.11. The molecule has 1 heterocycles. The van der Waals surface area contributed by atoms with Crippen LogP contribution >= 0.6 is 23.2 Å². The van der Waals surface area contributed by atoms with Crippen LogP contribution in [-0.2, 0) is 0 Å². The predicted octanol–water partition coefficient (Wildman–Crippen LogP) is 4.22. The molecule has 2 aromatic rings. The molecule has 86 valence electrons. The predicted molar refractivity (Wildman–Crippen MR) is 70.6 cm³/mol. The Balaban J connectivity index is 2.26. The van der Waals surface area contributed by atoms with Crippen LogP contribution in [0.15, 0.2) is 42.6 Å². The fourth-order valence-electron chi connectivity index (χ4n) is 1.43. The Labute approximate surface area is 109 Å². The van der Waals surface area contributed by atoms with Crippen LogP contribution in [0.5, 0.6) is 0 Å². The van der Waals surface area contributed by atoms with Gasteiger partial charge in [-0.3, -0.25) is 4.79 Å². The van der Waals surface area contributed by atoms with Crippen molar-refractivity contribution in [2.45, 2.75) is 0 Å². The number of halogens is 2. The fraction of sp³-hybridized carbons (Fsp3) is 0. The number of rotatable bonds is 3. The van der Waals surface area contributed by atoms with Crippen LogP contribution in [0.25, 0.3) is 6.08 Å². The zero-order chi connectivity index (χ0) is 12.3. The molecule has 1 N–H and O–H groups in total. The lowest BCUT2D eigenvalue weighted by atomic mass is 10.1. The van der Waals surface area contributed by atoms with Gasteiger partial charge in [0.2, 0.25) is 0 Å². The molecule has 1 aromatic carbocycles. The topological polar surface area (TPSA) is 32.9 Å². The third kappa shape index (κ3) is 2.78. The number of carbonyl (C=O) groups is 1. The Morgan fingerprint density at radius 3 is 2.41 bits per heavy atom. The van der Waals surface area contributed by atoms with Gasteiger partial charge in [0.15, 0.2) is 5.78 Å². The molecule has 0 unspecified atom stereocenters. The van der Waals surface area contributed by atoms with E-state index in [9.17, 15) is 4.79 Å². The normalized spacial score (nSPS) is 10.9. The second-order valence-corrected chi connectivity index (χ2v) is 4.23. The average molecular weight is 266 g/mol. The molecule has 0 spiro atoms. The number of hydrogen-bond donors (Lipinski definition) is 1. The molecule has 0 saturated carbocycles. The van der Waals surface area contributed by atoms with Crippen LogP contribution in [0.4, 0.5) is 0 Å². The highest BCUT2D eigenvalue weighted by atomic mass is 35.5. The summed E-state index contributed by atoms with van der Waals surface area (Å²) in [6.45, 7) is 0. The molecule has 0 aliphatic heterocycles. The molecule has 0 saturated heterocycles. The van der Waals surface area contributed by atoms with E-state index in [1.54, 1.807) is 30.5 Å². The molecule has 0 aliphatic carbocycles. The van der Waals surface area contributed by atoms with Gasteiger partial charge in [-0.1, -0.05) is 29.3 Å². The number of benzene rings is 1. The Morgan fingerprint density at radius 2 is 1.82 bits per heavy atom. The summed E-state index contributed by atoms with van der Waals surface area (Å²) in [4.78, 5) is 14.9. The number of allylic oxidation sites excluding steroid dienone is 1. The van der Waals surface area contributed by atoms with Crippen molar-refractivity contribution in [3.05, 3.63) is 63.9 Å². The van der Waals surface area contributed by atoms with Gasteiger partial charge in [0, 0.05) is 11.9 Å². The van der Waals surface area contributed by atoms with Crippen molar-refractivity contribution in [1.82, 2.24) is 4.98 Å². The van der Waals surface area contributed by atoms with E-state index in [-0.39, 0.29) is 5.78 Å². The lowest BCUT2D eigenvalue weighted by molar-refractivity contribution is 0.104. The summed E-state index contributed by atoms with van der Waals surface area (Å²) in [7, 11) is 0. The fourth-order valence-corrected chi connectivity index (χ4v) is 2.01. The van der Waals surface area contributed by atoms with E-state index in [1.165, 1.54) is 6.08 Å². The first-order valence-corrected chi connectivity index (χ1v) is 5.74. The molecule has 2 rings (SSSR count). The Morgan fingerprint density at radius 1 is 1.12 bits per heavy atom. The summed E-state index contributed by atoms with van der Waals surface area (Å²) < 4.78 is 0. The molecule has 17 heavy (non-hydrogen) atoms. The first-order valence-electron chi connectivity index (χ1n) is 4.98. The molecule has 1 aromatic heterocycles. The van der Waals surface area contributed by atoms with E-state index < -0.39 is 0 Å². The van der Waals surface area contributed by atoms with E-state index in [4.69, 9.17) is 23.2 Å². The zero-order valence-corrected chi connectivity index (χ0v) is 10.3. The molecule has 4 heteroatoms. The average Bonchev–Trinajstić information content (AvgIpc) is 2.79. The number of hydrogen-bond acceptors (Lipinski definition) is 1. The van der Waals surface area contributed by atoms with E-state index >= 15 is 0 Å². The maximum absolute atomic E-state index is 11.9. The zero-order valence-electron chi connectivity index (χ0n) is 8.78. The van der Waals surface area contributed by atoms with E-state index in [1.807, 2.05) is 12.1 Å². The first-order chi connectivity index (χ1) is 8.18. The molecular formula is C13H9Cl2NO. The molecule has 0 aliphatic rings. The van der Waals surface area contributed by atoms with Crippen LogP contribution in [0.1, 0.15) is 16.1 Å². The highest BCUT2D eigenvalue weighted by Crippen LogP contribution is 2.25. The summed E-state index contributed by atoms with van der Waals surface area (Å²) in [6, 6.07) is 8.70. The van der Waals surface area contributed by atoms with Crippen molar-refractivity contribution in [1.29, 1.82) is 0 Å². The molecular weight excluding hydrogens is 257 g/mol. The number of ketones is 1. The minimum atomic E-state index is -0.213. The minimum absolute atomic E-state index is 0.213. The van der Waals surface area contributed by atoms with E-state index in [0.29, 0.717) is 15.6 Å². The van der Waals surface area contributed by atoms with E-state index in [0.717, 1.165) is 5.69 Å². The van der Waals surface area contributed by atoms with Gasteiger partial charge < -0.3 is 4.98 Å². The summed E-state index contributed by atoms with van der Waals surface area (Å²) in [5.74, 6) is -0.213. The standard InChI is InChI=1S/C13H9Cl2NO/c14-10-4-1-5-11(15)13(10)12(17)7-6-9-3-2-8-16-9/h1-8,16H. The second kappa shape index (κ2) is 5.21. The van der Waals surface area contributed by atoms with Gasteiger partial charge in [-0.25, -0.2) is 0 Å². The lowest BCUT2D eigenvalue weighted by Crippen LogP contribution is -1.96. The smallest absolute Gasteiger partial charge is 0.188 e. The third-order valence-corrected chi connectivity index (χ3v) is 2.88. The number of carbonyl (C=O) groups excluding carboxylic acids is 1. The lowest BCUT2D eigenvalue weighted by Gasteiger charge is -2.01. The number of nitrogens with one attached hydrogen (secondary N) is 1. The monoisotopic (exact) mass is 265 g/mol. The highest BCUT2D eigenvalue weighted by molar-refractivity contribution is 6.40. The Hall–Kier alpha value is -1.51. The van der Waals surface area contributed by atoms with Crippen LogP contribution in [0.3, 0.4) is 0 Å². The molecule has 0 fully saturated rings. The summed E-state index contributed by atoms with van der Waals surface area (Å²) in [5, 5.41) is 0.720. The van der Waals surface area contributed by atoms with Crippen LogP contribution in [-0.4, -0.2) is 10.8 Å². The molecule has 0 radical (unpaired) electrons. The van der Waals surface area contributed by atoms with Gasteiger partial charge in [-0.15, -0.1) is 0 Å². The van der Waals surface area contributed by atoms with Crippen LogP contribution < -0.4 is 0 Å². The summed E-state index contributed by atoms with van der Waals surface area (Å²) >= 11 is 11.9. The van der Waals surface area contributed by atoms with Crippen molar-refractivity contribution >= 4 is 35.1 Å². The number of H-pyrrole nitrogens is 1. The maximum Gasteiger partial charge on any atom is 0.188 e. The van der Waals surface area contributed by atoms with Gasteiger partial charge in [-0.05, 0) is 36.4 Å². The summed E-state index contributed by atoms with van der Waals surface area (Å²) in [5.41, 5.74) is 1.18. The van der Waals surface area contributed by atoms with Crippen molar-refractivity contribution in [2.24, 2.45) is 0 Å². The SMILES string of the molecule is O=C(C=Cc1ccc[nH]1)c1c(Cl)cccc1Cl. The van der Waals surface area contributed by atoms with E-state index in [2.05, 4.69) is 4.98 Å². The van der Waals surface area contributed by atoms with Gasteiger partial charge in [0.1, 0.15) is 0 Å². The van der Waals surface area contributed by atoms with Crippen molar-refractivity contribution < 1.29 is 4.79 Å². The van der Waals surface area contributed by atoms with Crippen LogP contribution in [0, 0.1) is 0 Å². The molecule has 0 amide bonds. The van der Waals surface area contributed by atoms with Gasteiger partial charge in [0.05, 0.1) is 15.6 Å². The minimum Gasteiger partial charge on any atom is -0.362 e. The molecule has 0 bridgehead atoms. The first kappa shape index (κ1) is 12.0. The Kier molecular flexibility index (Phi) is 3.67. The Bertz CT molecular complexity index is 539. The van der Waals surface area contributed by atoms with Crippen molar-refractivity contribution in [3.63, 3.8) is 0 Å². The van der Waals surface area contributed by atoms with Crippen molar-refractivity contribution in [3.8, 4) is 0 Å². The van der Waals surface area contributed by atoms with Gasteiger partial charge in [0.25, 0.3) is 0 Å². The van der Waals surface area contributed by atoms with Crippen LogP contribution in [0.2, 0.25) is 10.0 Å².